The van der Waals surface area contributed by atoms with E-state index in [0.29, 0.717) is 5.69 Å². The molecule has 0 saturated heterocycles. The van der Waals surface area contributed by atoms with Crippen LogP contribution in [0.25, 0.3) is 0 Å². The van der Waals surface area contributed by atoms with Gasteiger partial charge in [0.1, 0.15) is 5.69 Å². The van der Waals surface area contributed by atoms with Gasteiger partial charge in [-0.3, -0.25) is 9.48 Å². The molecule has 0 atom stereocenters. The fourth-order valence-corrected chi connectivity index (χ4v) is 2.59. The van der Waals surface area contributed by atoms with Crippen LogP contribution in [0.15, 0.2) is 17.6 Å². The van der Waals surface area contributed by atoms with Crippen molar-refractivity contribution in [1.29, 1.82) is 0 Å². The molecule has 0 aliphatic rings. The molecule has 2 N–H and O–H groups in total. The third-order valence-corrected chi connectivity index (χ3v) is 4.57. The summed E-state index contributed by atoms with van der Waals surface area (Å²) in [4.78, 5) is 27.8. The highest BCUT2D eigenvalue weighted by Crippen LogP contribution is 2.26. The Balaban J connectivity index is 2.14. The first-order valence-electron chi connectivity index (χ1n) is 7.08. The van der Waals surface area contributed by atoms with Crippen molar-refractivity contribution in [2.24, 2.45) is 0 Å². The normalized spacial score (nSPS) is 12.2. The van der Waals surface area contributed by atoms with Gasteiger partial charge in [0.25, 0.3) is 5.91 Å². The minimum atomic E-state index is -1.19. The van der Waals surface area contributed by atoms with Gasteiger partial charge in [0.05, 0.1) is 5.01 Å². The number of carbonyl (C=O) groups excluding carboxylic acids is 1. The van der Waals surface area contributed by atoms with E-state index in [1.54, 1.807) is 11.4 Å². The summed E-state index contributed by atoms with van der Waals surface area (Å²) in [6.45, 7) is 9.16. The molecule has 0 radical (unpaired) electrons. The summed E-state index contributed by atoms with van der Waals surface area (Å²) in [7, 11) is 0. The Bertz CT molecular complexity index is 740. The lowest BCUT2D eigenvalue weighted by Gasteiger charge is -2.19. The van der Waals surface area contributed by atoms with E-state index >= 15 is 0 Å². The van der Waals surface area contributed by atoms with Crippen LogP contribution in [0.3, 0.4) is 0 Å². The van der Waals surface area contributed by atoms with Crippen LogP contribution in [0.4, 0.5) is 5.82 Å². The van der Waals surface area contributed by atoms with Crippen molar-refractivity contribution in [3.8, 4) is 0 Å². The third-order valence-electron chi connectivity index (χ3n) is 3.31. The maximum atomic E-state index is 12.2. The Labute approximate surface area is 138 Å². The molecule has 2 rings (SSSR count). The number of nitrogens with one attached hydrogen (secondary N) is 1. The summed E-state index contributed by atoms with van der Waals surface area (Å²) in [5.74, 6) is -1.09. The molecule has 0 aliphatic carbocycles. The average Bonchev–Trinajstić information content (AvgIpc) is 3.06. The highest BCUT2D eigenvalue weighted by molar-refractivity contribution is 7.10. The zero-order valence-electron chi connectivity index (χ0n) is 13.7. The number of thiazole rings is 1. The summed E-state index contributed by atoms with van der Waals surface area (Å²) >= 11 is 1.43. The molecule has 2 aromatic rings. The molecule has 0 aliphatic heterocycles. The Morgan fingerprint density at radius 2 is 1.91 bits per heavy atom. The van der Waals surface area contributed by atoms with E-state index in [0.717, 1.165) is 5.01 Å². The van der Waals surface area contributed by atoms with Crippen LogP contribution >= 0.6 is 11.3 Å². The van der Waals surface area contributed by atoms with Crippen molar-refractivity contribution in [2.75, 3.05) is 5.32 Å². The maximum Gasteiger partial charge on any atom is 0.331 e. The third kappa shape index (κ3) is 3.58. The first-order valence-corrected chi connectivity index (χ1v) is 7.96. The van der Waals surface area contributed by atoms with Crippen LogP contribution < -0.4 is 5.32 Å². The molecule has 0 aromatic carbocycles. The monoisotopic (exact) mass is 336 g/mol. The van der Waals surface area contributed by atoms with Gasteiger partial charge in [0.15, 0.2) is 11.4 Å². The van der Waals surface area contributed by atoms with Crippen molar-refractivity contribution in [3.63, 3.8) is 0 Å². The van der Waals surface area contributed by atoms with Crippen molar-refractivity contribution in [2.45, 2.75) is 45.6 Å². The Morgan fingerprint density at radius 1 is 1.26 bits per heavy atom. The van der Waals surface area contributed by atoms with Gasteiger partial charge in [0.2, 0.25) is 0 Å². The molecule has 2 aromatic heterocycles. The van der Waals surface area contributed by atoms with Crippen LogP contribution in [0.1, 0.15) is 50.1 Å². The van der Waals surface area contributed by atoms with Crippen molar-refractivity contribution in [1.82, 2.24) is 14.8 Å². The van der Waals surface area contributed by atoms with Gasteiger partial charge in [-0.2, -0.15) is 5.10 Å². The van der Waals surface area contributed by atoms with E-state index in [-0.39, 0.29) is 17.1 Å². The van der Waals surface area contributed by atoms with E-state index in [1.165, 1.54) is 36.1 Å². The smallest absolute Gasteiger partial charge is 0.331 e. The predicted octanol–water partition coefficient (Wildman–Crippen LogP) is 2.71. The van der Waals surface area contributed by atoms with Gasteiger partial charge < -0.3 is 10.4 Å². The Morgan fingerprint density at radius 3 is 2.43 bits per heavy atom. The quantitative estimate of drug-likeness (QED) is 0.894. The number of aliphatic carboxylic acids is 1. The molecule has 23 heavy (non-hydrogen) atoms. The zero-order valence-corrected chi connectivity index (χ0v) is 14.6. The maximum absolute atomic E-state index is 12.2. The SMILES string of the molecule is CC(C)(C)c1nc(C(=O)Nc2ccn(C(C)(C)C(=O)O)n2)cs1. The molecule has 0 saturated carbocycles. The molecule has 7 nitrogen and oxygen atoms in total. The first kappa shape index (κ1) is 17.1. The van der Waals surface area contributed by atoms with E-state index in [9.17, 15) is 14.7 Å². The molecule has 0 unspecified atom stereocenters. The first-order chi connectivity index (χ1) is 10.5. The van der Waals surface area contributed by atoms with Crippen LogP contribution in [-0.2, 0) is 15.7 Å². The summed E-state index contributed by atoms with van der Waals surface area (Å²) in [5, 5.41) is 18.5. The summed E-state index contributed by atoms with van der Waals surface area (Å²) in [6, 6.07) is 1.56. The minimum absolute atomic E-state index is 0.115. The number of amides is 1. The van der Waals surface area contributed by atoms with E-state index in [4.69, 9.17) is 0 Å². The summed E-state index contributed by atoms with van der Waals surface area (Å²) in [5.41, 5.74) is -0.980. The molecule has 0 bridgehead atoms. The predicted molar refractivity (Wildman–Crippen MR) is 88.0 cm³/mol. The van der Waals surface area contributed by atoms with Crippen LogP contribution in [-0.4, -0.2) is 31.7 Å². The highest BCUT2D eigenvalue weighted by Gasteiger charge is 2.30. The molecule has 0 fully saturated rings. The molecular weight excluding hydrogens is 316 g/mol. The second kappa shape index (κ2) is 5.77. The minimum Gasteiger partial charge on any atom is -0.479 e. The molecular formula is C15H20N4O3S. The second-order valence-corrected chi connectivity index (χ2v) is 7.61. The standard InChI is InChI=1S/C15H20N4O3S/c1-14(2,3)12-16-9(8-23-12)11(20)17-10-6-7-19(18-10)15(4,5)13(21)22/h6-8H,1-5H3,(H,21,22)(H,17,18,20). The Kier molecular flexibility index (Phi) is 4.30. The summed E-state index contributed by atoms with van der Waals surface area (Å²) < 4.78 is 1.30. The fourth-order valence-electron chi connectivity index (χ4n) is 1.70. The number of hydrogen-bond acceptors (Lipinski definition) is 5. The van der Waals surface area contributed by atoms with E-state index in [1.807, 2.05) is 20.8 Å². The van der Waals surface area contributed by atoms with Gasteiger partial charge in [0, 0.05) is 23.1 Å². The number of carboxylic acids is 1. The lowest BCUT2D eigenvalue weighted by atomic mass is 9.98. The van der Waals surface area contributed by atoms with Crippen molar-refractivity contribution >= 4 is 29.0 Å². The van der Waals surface area contributed by atoms with Crippen molar-refractivity contribution in [3.05, 3.63) is 28.3 Å². The topological polar surface area (TPSA) is 97.1 Å². The highest BCUT2D eigenvalue weighted by atomic mass is 32.1. The number of aromatic nitrogens is 3. The lowest BCUT2D eigenvalue weighted by molar-refractivity contribution is -0.146. The largest absolute Gasteiger partial charge is 0.479 e. The zero-order chi connectivity index (χ0) is 17.4. The Hall–Kier alpha value is -2.22. The number of nitrogens with zero attached hydrogens (tertiary/aromatic N) is 3. The average molecular weight is 336 g/mol. The molecule has 1 amide bonds. The number of carbonyl (C=O) groups is 2. The molecule has 8 heteroatoms. The van der Waals surface area contributed by atoms with Crippen LogP contribution in [0.5, 0.6) is 0 Å². The lowest BCUT2D eigenvalue weighted by Crippen LogP contribution is -2.36. The number of carboxylic acid groups (broad SMARTS) is 1. The van der Waals surface area contributed by atoms with Gasteiger partial charge in [-0.15, -0.1) is 11.3 Å². The molecule has 124 valence electrons. The van der Waals surface area contributed by atoms with Crippen molar-refractivity contribution < 1.29 is 14.7 Å². The fraction of sp³-hybridized carbons (Fsp3) is 0.467. The molecule has 2 heterocycles. The van der Waals surface area contributed by atoms with Gasteiger partial charge >= 0.3 is 5.97 Å². The molecule has 0 spiro atoms. The second-order valence-electron chi connectivity index (χ2n) is 6.75. The van der Waals surface area contributed by atoms with Crippen LogP contribution in [0.2, 0.25) is 0 Å². The summed E-state index contributed by atoms with van der Waals surface area (Å²) in [6.07, 6.45) is 1.52. The number of anilines is 1. The van der Waals surface area contributed by atoms with E-state index in [2.05, 4.69) is 15.4 Å². The number of rotatable bonds is 4. The van der Waals surface area contributed by atoms with E-state index < -0.39 is 11.5 Å². The van der Waals surface area contributed by atoms with Gasteiger partial charge in [-0.1, -0.05) is 20.8 Å². The van der Waals surface area contributed by atoms with Crippen LogP contribution in [0, 0.1) is 0 Å². The van der Waals surface area contributed by atoms with Gasteiger partial charge in [-0.25, -0.2) is 9.78 Å². The van der Waals surface area contributed by atoms with Gasteiger partial charge in [-0.05, 0) is 13.8 Å². The number of hydrogen-bond donors (Lipinski definition) is 2.